The molecule has 2 aromatic rings. The molecule has 1 aromatic heterocycles. The van der Waals surface area contributed by atoms with E-state index in [1.165, 1.54) is 38.1 Å². The molecule has 9 nitrogen and oxygen atoms in total. The van der Waals surface area contributed by atoms with Crippen molar-refractivity contribution in [1.29, 1.82) is 0 Å². The van der Waals surface area contributed by atoms with Gasteiger partial charge in [0.15, 0.2) is 5.16 Å². The summed E-state index contributed by atoms with van der Waals surface area (Å²) in [6, 6.07) is 7.66. The van der Waals surface area contributed by atoms with Crippen molar-refractivity contribution in [2.45, 2.75) is 31.2 Å². The fourth-order valence-electron chi connectivity index (χ4n) is 2.03. The normalized spacial score (nSPS) is 12.6. The number of thioether (sulfide) groups is 1. The molecule has 0 aliphatic rings. The molecule has 0 aliphatic carbocycles. The van der Waals surface area contributed by atoms with Gasteiger partial charge in [0.05, 0.1) is 36.1 Å². The van der Waals surface area contributed by atoms with Gasteiger partial charge in [0.25, 0.3) is 5.69 Å². The number of anilines is 1. The largest absolute Gasteiger partial charge is 0.481 e. The number of ether oxygens (including phenoxy) is 2. The highest BCUT2D eigenvalue weighted by atomic mass is 32.2. The lowest BCUT2D eigenvalue weighted by Gasteiger charge is -2.26. The first kappa shape index (κ1) is 21.4. The van der Waals surface area contributed by atoms with Crippen LogP contribution in [-0.4, -0.2) is 40.6 Å². The third-order valence-electron chi connectivity index (χ3n) is 3.64. The smallest absolute Gasteiger partial charge is 0.269 e. The molecule has 0 fully saturated rings. The lowest BCUT2D eigenvalue weighted by Crippen LogP contribution is -2.25. The fraction of sp³-hybridized carbons (Fsp3) is 0.389. The minimum absolute atomic E-state index is 0.0294. The maximum Gasteiger partial charge on any atom is 0.269 e. The molecule has 0 spiro atoms. The van der Waals surface area contributed by atoms with Gasteiger partial charge >= 0.3 is 0 Å². The quantitative estimate of drug-likeness (QED) is 0.230. The highest BCUT2D eigenvalue weighted by Crippen LogP contribution is 2.34. The Morgan fingerprint density at radius 2 is 1.75 bits per heavy atom. The predicted octanol–water partition coefficient (Wildman–Crippen LogP) is 4.01. The van der Waals surface area contributed by atoms with Crippen LogP contribution in [0.2, 0.25) is 0 Å². The van der Waals surface area contributed by atoms with Gasteiger partial charge in [0.2, 0.25) is 11.8 Å². The van der Waals surface area contributed by atoms with Gasteiger partial charge in [-0.3, -0.25) is 15.5 Å². The second-order valence-electron chi connectivity index (χ2n) is 6.83. The standard InChI is InChI=1S/C18H23N5O4S/c1-18(2,3)14(28-17-20-15(26-4)10-16(21-17)27-5)11-19-22-12-6-8-13(9-7-12)23(24)25/h6-11,14,22H,1-5H3. The van der Waals surface area contributed by atoms with Gasteiger partial charge in [-0.25, -0.2) is 0 Å². The van der Waals surface area contributed by atoms with Crippen LogP contribution in [0.1, 0.15) is 20.8 Å². The Balaban J connectivity index is 2.13. The number of hydrogen-bond acceptors (Lipinski definition) is 9. The van der Waals surface area contributed by atoms with Crippen molar-refractivity contribution in [2.75, 3.05) is 19.6 Å². The second-order valence-corrected chi connectivity index (χ2v) is 7.94. The molecular weight excluding hydrogens is 382 g/mol. The highest BCUT2D eigenvalue weighted by Gasteiger charge is 2.26. The Labute approximate surface area is 167 Å². The molecule has 10 heteroatoms. The van der Waals surface area contributed by atoms with E-state index in [4.69, 9.17) is 9.47 Å². The van der Waals surface area contributed by atoms with Gasteiger partial charge in [-0.05, 0) is 17.5 Å². The van der Waals surface area contributed by atoms with E-state index in [0.717, 1.165) is 0 Å². The molecule has 1 N–H and O–H groups in total. The van der Waals surface area contributed by atoms with Gasteiger partial charge in [-0.1, -0.05) is 32.5 Å². The minimum atomic E-state index is -0.443. The number of hydrogen-bond donors (Lipinski definition) is 1. The van der Waals surface area contributed by atoms with Crippen molar-refractivity contribution >= 4 is 29.4 Å². The molecule has 150 valence electrons. The van der Waals surface area contributed by atoms with Gasteiger partial charge < -0.3 is 9.47 Å². The number of hydrazone groups is 1. The van der Waals surface area contributed by atoms with Crippen molar-refractivity contribution in [3.05, 3.63) is 40.4 Å². The summed E-state index contributed by atoms with van der Waals surface area (Å²) in [7, 11) is 3.07. The maximum absolute atomic E-state index is 10.7. The molecular formula is C18H23N5O4S. The summed E-state index contributed by atoms with van der Waals surface area (Å²) in [5, 5.41) is 15.4. The van der Waals surface area contributed by atoms with Crippen LogP contribution in [0.3, 0.4) is 0 Å². The SMILES string of the molecule is COc1cc(OC)nc(SC(C=NNc2ccc([N+](=O)[O-])cc2)C(C)(C)C)n1. The number of methoxy groups -OCH3 is 2. The molecule has 0 saturated heterocycles. The van der Waals surface area contributed by atoms with Gasteiger partial charge in [0.1, 0.15) is 0 Å². The van der Waals surface area contributed by atoms with E-state index >= 15 is 0 Å². The van der Waals surface area contributed by atoms with Gasteiger partial charge in [-0.2, -0.15) is 15.1 Å². The van der Waals surface area contributed by atoms with Crippen molar-refractivity contribution in [3.63, 3.8) is 0 Å². The Hall–Kier alpha value is -2.88. The Kier molecular flexibility index (Phi) is 7.16. The van der Waals surface area contributed by atoms with Crippen LogP contribution in [0.15, 0.2) is 40.6 Å². The molecule has 1 atom stereocenters. The molecule has 2 rings (SSSR count). The number of nitrogens with zero attached hydrogens (tertiary/aromatic N) is 4. The first-order valence-corrected chi connectivity index (χ1v) is 9.28. The highest BCUT2D eigenvalue weighted by molar-refractivity contribution is 8.00. The third-order valence-corrected chi connectivity index (χ3v) is 5.12. The van der Waals surface area contributed by atoms with Crippen molar-refractivity contribution in [3.8, 4) is 11.8 Å². The average molecular weight is 405 g/mol. The van der Waals surface area contributed by atoms with Crippen molar-refractivity contribution in [2.24, 2.45) is 10.5 Å². The number of rotatable bonds is 8. The zero-order valence-corrected chi connectivity index (χ0v) is 17.2. The summed E-state index contributed by atoms with van der Waals surface area (Å²) in [5.41, 5.74) is 3.43. The van der Waals surface area contributed by atoms with Crippen LogP contribution in [0, 0.1) is 15.5 Å². The number of nitro benzene ring substituents is 1. The molecule has 0 saturated carbocycles. The van der Waals surface area contributed by atoms with Crippen molar-refractivity contribution in [1.82, 2.24) is 9.97 Å². The lowest BCUT2D eigenvalue weighted by molar-refractivity contribution is -0.384. The van der Waals surface area contributed by atoms with Crippen LogP contribution in [0.4, 0.5) is 11.4 Å². The van der Waals surface area contributed by atoms with Crippen LogP contribution < -0.4 is 14.9 Å². The first-order valence-electron chi connectivity index (χ1n) is 8.40. The van der Waals surface area contributed by atoms with E-state index in [9.17, 15) is 10.1 Å². The zero-order valence-electron chi connectivity index (χ0n) is 16.4. The summed E-state index contributed by atoms with van der Waals surface area (Å²) in [6.45, 7) is 6.25. The van der Waals surface area contributed by atoms with Gasteiger partial charge in [-0.15, -0.1) is 0 Å². The molecule has 1 unspecified atom stereocenters. The minimum Gasteiger partial charge on any atom is -0.481 e. The Bertz CT molecular complexity index is 815. The summed E-state index contributed by atoms with van der Waals surface area (Å²) in [5.74, 6) is 0.839. The predicted molar refractivity (Wildman–Crippen MR) is 109 cm³/mol. The summed E-state index contributed by atoms with van der Waals surface area (Å²) in [6.07, 6.45) is 1.77. The molecule has 0 amide bonds. The fourth-order valence-corrected chi connectivity index (χ4v) is 3.01. The Morgan fingerprint density at radius 3 is 2.21 bits per heavy atom. The van der Waals surface area contributed by atoms with Crippen LogP contribution >= 0.6 is 11.8 Å². The van der Waals surface area contributed by atoms with E-state index in [1.54, 1.807) is 24.4 Å². The Morgan fingerprint density at radius 1 is 1.18 bits per heavy atom. The number of aromatic nitrogens is 2. The van der Waals surface area contributed by atoms with Crippen molar-refractivity contribution < 1.29 is 14.4 Å². The summed E-state index contributed by atoms with van der Waals surface area (Å²) < 4.78 is 10.4. The second kappa shape index (κ2) is 9.36. The van der Waals surface area contributed by atoms with Crippen LogP contribution in [0.25, 0.3) is 0 Å². The molecule has 0 aliphatic heterocycles. The first-order chi connectivity index (χ1) is 13.2. The number of non-ortho nitro benzene ring substituents is 1. The van der Waals surface area contributed by atoms with E-state index in [1.807, 2.05) is 0 Å². The van der Waals surface area contributed by atoms with E-state index in [-0.39, 0.29) is 16.4 Å². The van der Waals surface area contributed by atoms with Crippen LogP contribution in [0.5, 0.6) is 11.8 Å². The zero-order chi connectivity index (χ0) is 20.7. The van der Waals surface area contributed by atoms with Crippen LogP contribution in [-0.2, 0) is 0 Å². The van der Waals surface area contributed by atoms with Gasteiger partial charge in [0, 0.05) is 18.3 Å². The lowest BCUT2D eigenvalue weighted by atomic mass is 9.92. The molecule has 1 aromatic carbocycles. The molecule has 28 heavy (non-hydrogen) atoms. The monoisotopic (exact) mass is 405 g/mol. The number of nitro groups is 1. The van der Waals surface area contributed by atoms with E-state index in [2.05, 4.69) is 41.3 Å². The average Bonchev–Trinajstić information content (AvgIpc) is 2.66. The third kappa shape index (κ3) is 6.08. The molecule has 0 radical (unpaired) electrons. The molecule has 1 heterocycles. The number of nitrogens with one attached hydrogen (secondary N) is 1. The van der Waals surface area contributed by atoms with E-state index in [0.29, 0.717) is 22.6 Å². The topological polar surface area (TPSA) is 112 Å². The maximum atomic E-state index is 10.7. The summed E-state index contributed by atoms with van der Waals surface area (Å²) in [4.78, 5) is 19.0. The number of benzene rings is 1. The molecule has 0 bridgehead atoms. The summed E-state index contributed by atoms with van der Waals surface area (Å²) >= 11 is 1.44. The van der Waals surface area contributed by atoms with E-state index < -0.39 is 4.92 Å².